The predicted molar refractivity (Wildman–Crippen MR) is 170 cm³/mol. The minimum atomic E-state index is -4.86. The van der Waals surface area contributed by atoms with Crippen LogP contribution < -0.4 is 4.74 Å². The first kappa shape index (κ1) is 29.7. The van der Waals surface area contributed by atoms with Gasteiger partial charge in [0.25, 0.3) is 11.4 Å². The van der Waals surface area contributed by atoms with Crippen molar-refractivity contribution in [3.63, 3.8) is 0 Å². The summed E-state index contributed by atoms with van der Waals surface area (Å²) in [6.45, 7) is 21.4. The first-order valence-electron chi connectivity index (χ1n) is 14.0. The van der Waals surface area contributed by atoms with Gasteiger partial charge in [0.15, 0.2) is 0 Å². The van der Waals surface area contributed by atoms with E-state index in [0.29, 0.717) is 55.7 Å². The molecule has 2 aliphatic carbocycles. The van der Waals surface area contributed by atoms with Gasteiger partial charge in [-0.3, -0.25) is 0 Å². The molecule has 46 heavy (non-hydrogen) atoms. The average Bonchev–Trinajstić information content (AvgIpc) is 3.54. The van der Waals surface area contributed by atoms with Crippen molar-refractivity contribution in [3.8, 4) is 40.1 Å². The van der Waals surface area contributed by atoms with Gasteiger partial charge in [-0.15, -0.1) is 13.2 Å². The number of ether oxygens (including phenoxy) is 1. The maximum Gasteiger partial charge on any atom is 0.573 e. The Morgan fingerprint density at radius 1 is 0.652 bits per heavy atom. The lowest BCUT2D eigenvalue weighted by atomic mass is 9.84. The summed E-state index contributed by atoms with van der Waals surface area (Å²) >= 11 is 0. The quantitative estimate of drug-likeness (QED) is 0.172. The normalized spacial score (nSPS) is 15.1. The molecular weight excluding hydrogens is 585 g/mol. The van der Waals surface area contributed by atoms with Crippen LogP contribution in [0.5, 0.6) is 5.75 Å². The largest absolute Gasteiger partial charge is 0.573 e. The second-order valence-corrected chi connectivity index (χ2v) is 10.9. The Balaban J connectivity index is 1.68. The molecule has 8 heteroatoms. The van der Waals surface area contributed by atoms with Crippen LogP contribution in [-0.4, -0.2) is 6.36 Å². The molecular formula is C38H21F3N4O. The van der Waals surface area contributed by atoms with E-state index in [2.05, 4.69) is 20.5 Å². The van der Waals surface area contributed by atoms with Crippen LogP contribution >= 0.6 is 0 Å². The second-order valence-electron chi connectivity index (χ2n) is 10.9. The van der Waals surface area contributed by atoms with Crippen molar-refractivity contribution in [2.75, 3.05) is 0 Å². The van der Waals surface area contributed by atoms with E-state index in [4.69, 9.17) is 13.1 Å². The summed E-state index contributed by atoms with van der Waals surface area (Å²) in [5, 5.41) is 20.4. The Hall–Kier alpha value is -6.35. The molecule has 0 atom stereocenters. The molecule has 0 N–H and O–H groups in total. The Morgan fingerprint density at radius 3 is 1.52 bits per heavy atom. The molecule has 0 aliphatic heterocycles. The predicted octanol–water partition coefficient (Wildman–Crippen LogP) is 10.1. The van der Waals surface area contributed by atoms with Crippen LogP contribution in [0.2, 0.25) is 0 Å². The summed E-state index contributed by atoms with van der Waals surface area (Å²) in [4.78, 5) is 7.20. The SMILES string of the molecule is [C-]#[N+]/C(C#N)=C1C2=C(/C(=C(\C#N)[N+]#[C-])c3c2cccc3-c2ccc(C)c(C)c2)c2cccc(-c3ccc(OC(F)(F)F)c(C)c3)c2\1. The van der Waals surface area contributed by atoms with Crippen LogP contribution in [0, 0.1) is 56.6 Å². The minimum Gasteiger partial charge on any atom is -0.406 e. The molecule has 0 saturated heterocycles. The molecule has 4 aromatic rings. The van der Waals surface area contributed by atoms with Crippen molar-refractivity contribution in [2.45, 2.75) is 27.1 Å². The first-order valence-corrected chi connectivity index (χ1v) is 14.0. The number of aryl methyl sites for hydroxylation is 3. The number of halogens is 3. The maximum absolute atomic E-state index is 13.0. The summed E-state index contributed by atoms with van der Waals surface area (Å²) in [7, 11) is 0. The van der Waals surface area contributed by atoms with Gasteiger partial charge in [0.1, 0.15) is 5.75 Å². The smallest absolute Gasteiger partial charge is 0.406 e. The fourth-order valence-electron chi connectivity index (χ4n) is 6.29. The van der Waals surface area contributed by atoms with Gasteiger partial charge in [0, 0.05) is 11.1 Å². The van der Waals surface area contributed by atoms with E-state index in [9.17, 15) is 23.7 Å². The lowest BCUT2D eigenvalue weighted by molar-refractivity contribution is -0.274. The highest BCUT2D eigenvalue weighted by Gasteiger charge is 2.41. The molecule has 0 fully saturated rings. The van der Waals surface area contributed by atoms with E-state index in [-0.39, 0.29) is 22.7 Å². The summed E-state index contributed by atoms with van der Waals surface area (Å²) < 4.78 is 43.1. The molecule has 0 heterocycles. The zero-order valence-electron chi connectivity index (χ0n) is 24.8. The van der Waals surface area contributed by atoms with Gasteiger partial charge in [-0.05, 0) is 105 Å². The minimum absolute atomic E-state index is 0.133. The summed E-state index contributed by atoms with van der Waals surface area (Å²) in [5.74, 6) is -0.340. The van der Waals surface area contributed by atoms with Crippen LogP contribution in [0.4, 0.5) is 13.2 Å². The van der Waals surface area contributed by atoms with Gasteiger partial charge >= 0.3 is 6.36 Å². The summed E-state index contributed by atoms with van der Waals surface area (Å²) in [6, 6.07) is 25.5. The zero-order chi connectivity index (χ0) is 32.9. The molecule has 0 aromatic heterocycles. The number of hydrogen-bond donors (Lipinski definition) is 0. The monoisotopic (exact) mass is 606 g/mol. The van der Waals surface area contributed by atoms with Crippen molar-refractivity contribution in [1.29, 1.82) is 10.5 Å². The van der Waals surface area contributed by atoms with Gasteiger partial charge in [0.05, 0.1) is 25.3 Å². The summed E-state index contributed by atoms with van der Waals surface area (Å²) in [6.07, 6.45) is -4.86. The number of nitrogens with zero attached hydrogens (tertiary/aromatic N) is 4. The van der Waals surface area contributed by atoms with Gasteiger partial charge in [0.2, 0.25) is 0 Å². The van der Waals surface area contributed by atoms with Crippen molar-refractivity contribution in [2.24, 2.45) is 0 Å². The number of hydrogen-bond acceptors (Lipinski definition) is 3. The van der Waals surface area contributed by atoms with E-state index in [0.717, 1.165) is 22.3 Å². The second kappa shape index (κ2) is 11.0. The van der Waals surface area contributed by atoms with E-state index >= 15 is 0 Å². The molecule has 0 unspecified atom stereocenters. The van der Waals surface area contributed by atoms with E-state index < -0.39 is 6.36 Å². The third-order valence-corrected chi connectivity index (χ3v) is 8.36. The fraction of sp³-hybridized carbons (Fsp3) is 0.105. The van der Waals surface area contributed by atoms with Crippen LogP contribution in [0.15, 0.2) is 84.2 Å². The van der Waals surface area contributed by atoms with Crippen LogP contribution in [0.3, 0.4) is 0 Å². The number of fused-ring (bicyclic) bond motifs is 4. The fourth-order valence-corrected chi connectivity index (χ4v) is 6.29. The van der Waals surface area contributed by atoms with Crippen LogP contribution in [0.25, 0.3) is 54.2 Å². The molecule has 2 aliphatic rings. The highest BCUT2D eigenvalue weighted by molar-refractivity contribution is 6.39. The summed E-state index contributed by atoms with van der Waals surface area (Å²) in [5.41, 5.74) is 9.31. The molecule has 0 amide bonds. The number of benzene rings is 4. The van der Waals surface area contributed by atoms with E-state index in [1.54, 1.807) is 18.2 Å². The Labute approximate surface area is 263 Å². The van der Waals surface area contributed by atoms with Crippen molar-refractivity contribution in [1.82, 2.24) is 0 Å². The molecule has 4 aromatic carbocycles. The van der Waals surface area contributed by atoms with E-state index in [1.807, 2.05) is 62.4 Å². The Morgan fingerprint density at radius 2 is 1.11 bits per heavy atom. The van der Waals surface area contributed by atoms with Crippen LogP contribution in [-0.2, 0) is 0 Å². The Kier molecular flexibility index (Phi) is 7.09. The topological polar surface area (TPSA) is 65.5 Å². The molecule has 0 radical (unpaired) electrons. The Bertz CT molecular complexity index is 2260. The van der Waals surface area contributed by atoms with E-state index in [1.165, 1.54) is 19.1 Å². The van der Waals surface area contributed by atoms with Gasteiger partial charge < -0.3 is 4.74 Å². The third-order valence-electron chi connectivity index (χ3n) is 8.36. The number of allylic oxidation sites excluding steroid dienone is 6. The molecule has 0 bridgehead atoms. The molecule has 0 saturated carbocycles. The number of nitriles is 2. The van der Waals surface area contributed by atoms with Crippen molar-refractivity contribution < 1.29 is 17.9 Å². The van der Waals surface area contributed by atoms with Gasteiger partial charge in [-0.2, -0.15) is 0 Å². The number of rotatable bonds is 3. The first-order chi connectivity index (χ1) is 22.0. The van der Waals surface area contributed by atoms with Gasteiger partial charge in [-0.25, -0.2) is 20.2 Å². The highest BCUT2D eigenvalue weighted by Crippen LogP contribution is 2.62. The molecule has 6 rings (SSSR count). The maximum atomic E-state index is 13.0. The van der Waals surface area contributed by atoms with Crippen LogP contribution in [0.1, 0.15) is 38.9 Å². The standard InChI is InChI=1S/C38H21F3N4O/c1-20-12-13-23(16-21(20)2)25-8-6-10-27-32(25)36(29(18-42)44-4)35-28-11-7-9-26(33(28)37(34(27)35)30(19-43)45-5)24-14-15-31(22(3)17-24)46-38(39,40)41/h6-17H,1-3H3/b36-29+,37-30-. The lowest BCUT2D eigenvalue weighted by Gasteiger charge is -2.19. The average molecular weight is 607 g/mol. The highest BCUT2D eigenvalue weighted by atomic mass is 19.4. The molecule has 5 nitrogen and oxygen atoms in total. The van der Waals surface area contributed by atoms with Crippen molar-refractivity contribution >= 4 is 22.3 Å². The molecule has 0 spiro atoms. The lowest BCUT2D eigenvalue weighted by Crippen LogP contribution is -2.17. The zero-order valence-corrected chi connectivity index (χ0v) is 24.8. The molecule has 220 valence electrons. The third kappa shape index (κ3) is 4.62. The number of alkyl halides is 3. The van der Waals surface area contributed by atoms with Gasteiger partial charge in [-0.1, -0.05) is 60.7 Å². The van der Waals surface area contributed by atoms with Crippen molar-refractivity contribution in [3.05, 3.63) is 146 Å².